The highest BCUT2D eigenvalue weighted by Gasteiger charge is 2.13. The SMILES string of the molecule is COc1cc(/C=N\NC(=O)Cn2cnc3sc(-c4ccccc4)cc3c2=O)ccc1OCc1c(F)cccc1Cl. The molecule has 11 heteroatoms. The fraction of sp³-hybridized carbons (Fsp3) is 0.103. The molecular weight excluding hydrogens is 555 g/mol. The van der Waals surface area contributed by atoms with Gasteiger partial charge in [0.05, 0.1) is 30.1 Å². The maximum atomic E-state index is 14.0. The number of ether oxygens (including phenoxy) is 2. The maximum absolute atomic E-state index is 14.0. The molecule has 0 spiro atoms. The van der Waals surface area contributed by atoms with Gasteiger partial charge in [0.2, 0.25) is 0 Å². The van der Waals surface area contributed by atoms with Gasteiger partial charge in [0.15, 0.2) is 11.5 Å². The molecule has 8 nitrogen and oxygen atoms in total. The number of methoxy groups -OCH3 is 1. The third-order valence-corrected chi connectivity index (χ3v) is 7.36. The minimum Gasteiger partial charge on any atom is -0.493 e. The molecule has 1 amide bonds. The molecule has 0 aliphatic heterocycles. The molecule has 0 unspecified atom stereocenters. The molecule has 0 radical (unpaired) electrons. The first-order valence-electron chi connectivity index (χ1n) is 12.0. The van der Waals surface area contributed by atoms with Crippen LogP contribution in [0.4, 0.5) is 4.39 Å². The molecule has 0 aliphatic carbocycles. The van der Waals surface area contributed by atoms with Crippen molar-refractivity contribution in [3.8, 4) is 21.9 Å². The van der Waals surface area contributed by atoms with Gasteiger partial charge in [-0.15, -0.1) is 11.3 Å². The van der Waals surface area contributed by atoms with Crippen LogP contribution in [-0.2, 0) is 17.9 Å². The Kier molecular flexibility index (Phi) is 8.18. The van der Waals surface area contributed by atoms with Crippen LogP contribution in [0.25, 0.3) is 20.7 Å². The molecule has 0 bridgehead atoms. The molecule has 0 atom stereocenters. The second-order valence-electron chi connectivity index (χ2n) is 8.57. The number of carbonyl (C=O) groups excluding carboxylic acids is 1. The van der Waals surface area contributed by atoms with E-state index in [1.165, 1.54) is 47.7 Å². The summed E-state index contributed by atoms with van der Waals surface area (Å²) in [6.07, 6.45) is 2.78. The van der Waals surface area contributed by atoms with E-state index in [-0.39, 0.29) is 29.3 Å². The molecule has 0 saturated heterocycles. The standard InChI is InChI=1S/C29H22ClFN4O4S/c1-38-25-12-18(10-11-24(25)39-16-21-22(30)8-5-9-23(21)31)14-33-34-27(36)15-35-17-32-28-20(29(35)37)13-26(40-28)19-6-3-2-4-7-19/h2-14,17H,15-16H2,1H3,(H,34,36)/b33-14-. The number of nitrogens with zero attached hydrogens (tertiary/aromatic N) is 3. The van der Waals surface area contributed by atoms with Crippen LogP contribution in [0.5, 0.6) is 11.5 Å². The summed E-state index contributed by atoms with van der Waals surface area (Å²) in [5, 5.41) is 4.69. The highest BCUT2D eigenvalue weighted by molar-refractivity contribution is 7.21. The summed E-state index contributed by atoms with van der Waals surface area (Å²) >= 11 is 7.48. The molecular formula is C29H22ClFN4O4S. The lowest BCUT2D eigenvalue weighted by Crippen LogP contribution is -2.29. The first-order chi connectivity index (χ1) is 19.4. The van der Waals surface area contributed by atoms with Gasteiger partial charge >= 0.3 is 0 Å². The van der Waals surface area contributed by atoms with Gasteiger partial charge < -0.3 is 9.47 Å². The number of fused-ring (bicyclic) bond motifs is 1. The summed E-state index contributed by atoms with van der Waals surface area (Å²) in [5.74, 6) is -0.184. The van der Waals surface area contributed by atoms with Crippen molar-refractivity contribution >= 4 is 45.3 Å². The molecule has 2 heterocycles. The van der Waals surface area contributed by atoms with Gasteiger partial charge in [-0.1, -0.05) is 48.0 Å². The van der Waals surface area contributed by atoms with Gasteiger partial charge in [0.25, 0.3) is 11.5 Å². The number of hydrazone groups is 1. The second kappa shape index (κ2) is 12.1. The van der Waals surface area contributed by atoms with Gasteiger partial charge in [-0.2, -0.15) is 5.10 Å². The van der Waals surface area contributed by atoms with Crippen LogP contribution in [0, 0.1) is 5.82 Å². The van der Waals surface area contributed by atoms with Crippen LogP contribution in [0.3, 0.4) is 0 Å². The summed E-state index contributed by atoms with van der Waals surface area (Å²) in [6, 6.07) is 20.9. The molecule has 0 fully saturated rings. The van der Waals surface area contributed by atoms with E-state index < -0.39 is 11.7 Å². The minimum atomic E-state index is -0.494. The van der Waals surface area contributed by atoms with Crippen molar-refractivity contribution in [1.82, 2.24) is 15.0 Å². The fourth-order valence-corrected chi connectivity index (χ4v) is 5.10. The quantitative estimate of drug-likeness (QED) is 0.181. The number of hydrogen-bond acceptors (Lipinski definition) is 7. The predicted molar refractivity (Wildman–Crippen MR) is 154 cm³/mol. The number of carbonyl (C=O) groups is 1. The molecule has 2 aromatic heterocycles. The normalized spacial score (nSPS) is 11.2. The van der Waals surface area contributed by atoms with Crippen LogP contribution < -0.4 is 20.5 Å². The largest absolute Gasteiger partial charge is 0.493 e. The minimum absolute atomic E-state index is 0.0790. The zero-order valence-corrected chi connectivity index (χ0v) is 22.7. The molecule has 0 saturated carbocycles. The Hall–Kier alpha value is -4.54. The molecule has 3 aromatic carbocycles. The second-order valence-corrected chi connectivity index (χ2v) is 10.0. The van der Waals surface area contributed by atoms with Crippen LogP contribution in [0.15, 0.2) is 89.0 Å². The van der Waals surface area contributed by atoms with Crippen LogP contribution >= 0.6 is 22.9 Å². The summed E-state index contributed by atoms with van der Waals surface area (Å²) in [7, 11) is 1.47. The third-order valence-electron chi connectivity index (χ3n) is 5.91. The number of halogens is 2. The Balaban J connectivity index is 1.22. The van der Waals surface area contributed by atoms with Gasteiger partial charge in [0.1, 0.15) is 23.8 Å². The zero-order chi connectivity index (χ0) is 28.1. The highest BCUT2D eigenvalue weighted by Crippen LogP contribution is 2.31. The Morgan fingerprint density at radius 1 is 1.12 bits per heavy atom. The van der Waals surface area contributed by atoms with E-state index in [4.69, 9.17) is 21.1 Å². The Bertz CT molecular complexity index is 1750. The molecule has 5 rings (SSSR count). The Morgan fingerprint density at radius 2 is 1.95 bits per heavy atom. The summed E-state index contributed by atoms with van der Waals surface area (Å²) < 4.78 is 26.4. The maximum Gasteiger partial charge on any atom is 0.262 e. The number of rotatable bonds is 9. The summed E-state index contributed by atoms with van der Waals surface area (Å²) in [4.78, 5) is 31.3. The van der Waals surface area contributed by atoms with Crippen molar-refractivity contribution in [2.24, 2.45) is 5.10 Å². The van der Waals surface area contributed by atoms with Crippen molar-refractivity contribution in [2.45, 2.75) is 13.2 Å². The monoisotopic (exact) mass is 576 g/mol. The van der Waals surface area contributed by atoms with Crippen molar-refractivity contribution in [1.29, 1.82) is 0 Å². The van der Waals surface area contributed by atoms with Crippen molar-refractivity contribution in [2.75, 3.05) is 7.11 Å². The first-order valence-corrected chi connectivity index (χ1v) is 13.2. The van der Waals surface area contributed by atoms with Crippen LogP contribution in [0.1, 0.15) is 11.1 Å². The molecule has 202 valence electrons. The van der Waals surface area contributed by atoms with Crippen LogP contribution in [0.2, 0.25) is 5.02 Å². The molecule has 1 N–H and O–H groups in total. The van der Waals surface area contributed by atoms with Crippen molar-refractivity contribution in [3.63, 3.8) is 0 Å². The summed E-state index contributed by atoms with van der Waals surface area (Å²) in [5.41, 5.74) is 3.95. The van der Waals surface area contributed by atoms with E-state index in [2.05, 4.69) is 15.5 Å². The number of nitrogens with one attached hydrogen (secondary N) is 1. The number of hydrogen-bond donors (Lipinski definition) is 1. The lowest BCUT2D eigenvalue weighted by Gasteiger charge is -2.12. The van der Waals surface area contributed by atoms with Crippen molar-refractivity contribution in [3.05, 3.63) is 111 Å². The number of amides is 1. The third kappa shape index (κ3) is 6.03. The van der Waals surface area contributed by atoms with Gasteiger partial charge in [-0.05, 0) is 47.5 Å². The van der Waals surface area contributed by atoms with Gasteiger partial charge in [-0.3, -0.25) is 14.2 Å². The highest BCUT2D eigenvalue weighted by atomic mass is 35.5. The van der Waals surface area contributed by atoms with E-state index in [1.54, 1.807) is 30.3 Å². The van der Waals surface area contributed by atoms with E-state index in [1.807, 2.05) is 30.3 Å². The molecule has 40 heavy (non-hydrogen) atoms. The number of thiophene rings is 1. The van der Waals surface area contributed by atoms with E-state index in [0.29, 0.717) is 27.3 Å². The fourth-order valence-electron chi connectivity index (χ4n) is 3.89. The van der Waals surface area contributed by atoms with Crippen molar-refractivity contribution < 1.29 is 18.7 Å². The Morgan fingerprint density at radius 3 is 2.73 bits per heavy atom. The van der Waals surface area contributed by atoms with E-state index in [0.717, 1.165) is 10.4 Å². The first kappa shape index (κ1) is 27.0. The van der Waals surface area contributed by atoms with Gasteiger partial charge in [-0.25, -0.2) is 14.8 Å². The number of aromatic nitrogens is 2. The van der Waals surface area contributed by atoms with Crippen LogP contribution in [-0.4, -0.2) is 28.8 Å². The average Bonchev–Trinajstić information content (AvgIpc) is 3.41. The number of benzene rings is 3. The average molecular weight is 577 g/mol. The topological polar surface area (TPSA) is 94.8 Å². The zero-order valence-electron chi connectivity index (χ0n) is 21.1. The lowest BCUT2D eigenvalue weighted by atomic mass is 10.2. The van der Waals surface area contributed by atoms with E-state index in [9.17, 15) is 14.0 Å². The lowest BCUT2D eigenvalue weighted by molar-refractivity contribution is -0.121. The van der Waals surface area contributed by atoms with Gasteiger partial charge in [0, 0.05) is 10.4 Å². The van der Waals surface area contributed by atoms with E-state index >= 15 is 0 Å². The molecule has 5 aromatic rings. The Labute approximate surface area is 237 Å². The predicted octanol–water partition coefficient (Wildman–Crippen LogP) is 5.66. The smallest absolute Gasteiger partial charge is 0.262 e. The summed E-state index contributed by atoms with van der Waals surface area (Å²) in [6.45, 7) is -0.325. The molecule has 0 aliphatic rings.